The van der Waals surface area contributed by atoms with Crippen LogP contribution in [-0.2, 0) is 0 Å². The molecule has 1 amide bonds. The standard InChI is InChI=1S/C11H18N4O/c1-15(9-6-4-2-3-5-7-9)11(16)10-8-12-14-13-10/h8-9H,2-7H2,1H3,(H,12,13,14). The van der Waals surface area contributed by atoms with Gasteiger partial charge in [-0.05, 0) is 12.8 Å². The largest absolute Gasteiger partial charge is 0.337 e. The monoisotopic (exact) mass is 222 g/mol. The summed E-state index contributed by atoms with van der Waals surface area (Å²) in [5.74, 6) is -0.0272. The van der Waals surface area contributed by atoms with Gasteiger partial charge in [0.1, 0.15) is 0 Å². The first kappa shape index (κ1) is 11.1. The number of nitrogens with one attached hydrogen (secondary N) is 1. The van der Waals surface area contributed by atoms with Gasteiger partial charge in [0.05, 0.1) is 6.20 Å². The molecule has 0 spiro atoms. The van der Waals surface area contributed by atoms with Gasteiger partial charge in [0, 0.05) is 13.1 Å². The number of amides is 1. The molecular formula is C11H18N4O. The molecule has 1 aliphatic carbocycles. The maximum atomic E-state index is 12.0. The van der Waals surface area contributed by atoms with Crippen LogP contribution in [0.25, 0.3) is 0 Å². The molecule has 0 aliphatic heterocycles. The lowest BCUT2D eigenvalue weighted by molar-refractivity contribution is 0.0711. The fourth-order valence-corrected chi connectivity index (χ4v) is 2.30. The van der Waals surface area contributed by atoms with Crippen molar-refractivity contribution in [2.45, 2.75) is 44.6 Å². The SMILES string of the molecule is CN(C(=O)c1cn[nH]n1)C1CCCCCC1. The van der Waals surface area contributed by atoms with Crippen molar-refractivity contribution in [1.82, 2.24) is 20.3 Å². The van der Waals surface area contributed by atoms with Gasteiger partial charge < -0.3 is 4.90 Å². The summed E-state index contributed by atoms with van der Waals surface area (Å²) in [5, 5.41) is 9.97. The normalized spacial score (nSPS) is 18.1. The number of carbonyl (C=O) groups is 1. The molecule has 0 radical (unpaired) electrons. The lowest BCUT2D eigenvalue weighted by Crippen LogP contribution is -2.36. The predicted octanol–water partition coefficient (Wildman–Crippen LogP) is 1.60. The minimum Gasteiger partial charge on any atom is -0.337 e. The molecule has 88 valence electrons. The summed E-state index contributed by atoms with van der Waals surface area (Å²) in [6.45, 7) is 0. The summed E-state index contributed by atoms with van der Waals surface area (Å²) < 4.78 is 0. The summed E-state index contributed by atoms with van der Waals surface area (Å²) in [7, 11) is 1.87. The first-order valence-electron chi connectivity index (χ1n) is 5.92. The number of carbonyl (C=O) groups excluding carboxylic acids is 1. The van der Waals surface area contributed by atoms with Gasteiger partial charge in [-0.1, -0.05) is 25.7 Å². The van der Waals surface area contributed by atoms with Crippen molar-refractivity contribution < 1.29 is 4.79 Å². The van der Waals surface area contributed by atoms with Crippen LogP contribution >= 0.6 is 0 Å². The second kappa shape index (κ2) is 5.09. The van der Waals surface area contributed by atoms with Crippen molar-refractivity contribution in [3.05, 3.63) is 11.9 Å². The first-order chi connectivity index (χ1) is 7.79. The van der Waals surface area contributed by atoms with Crippen molar-refractivity contribution in [1.29, 1.82) is 0 Å². The maximum Gasteiger partial charge on any atom is 0.276 e. The van der Waals surface area contributed by atoms with Crippen LogP contribution in [-0.4, -0.2) is 39.3 Å². The Morgan fingerprint density at radius 1 is 1.38 bits per heavy atom. The van der Waals surface area contributed by atoms with Gasteiger partial charge in [-0.15, -0.1) is 0 Å². The average molecular weight is 222 g/mol. The summed E-state index contributed by atoms with van der Waals surface area (Å²) in [5.41, 5.74) is 0.409. The zero-order valence-corrected chi connectivity index (χ0v) is 9.65. The Bertz CT molecular complexity index is 328. The Balaban J connectivity index is 2.00. The molecule has 1 N–H and O–H groups in total. The van der Waals surface area contributed by atoms with Gasteiger partial charge in [0.25, 0.3) is 5.91 Å². The molecule has 1 saturated carbocycles. The van der Waals surface area contributed by atoms with E-state index in [0.717, 1.165) is 12.8 Å². The number of hydrogen-bond acceptors (Lipinski definition) is 3. The molecule has 0 bridgehead atoms. The third kappa shape index (κ3) is 2.40. The molecule has 0 saturated heterocycles. The molecule has 0 atom stereocenters. The molecular weight excluding hydrogens is 204 g/mol. The zero-order valence-electron chi connectivity index (χ0n) is 9.65. The van der Waals surface area contributed by atoms with Crippen LogP contribution in [0.15, 0.2) is 6.20 Å². The quantitative estimate of drug-likeness (QED) is 0.773. The van der Waals surface area contributed by atoms with Crippen molar-refractivity contribution in [3.63, 3.8) is 0 Å². The lowest BCUT2D eigenvalue weighted by Gasteiger charge is -2.26. The van der Waals surface area contributed by atoms with E-state index in [9.17, 15) is 4.79 Å². The van der Waals surface area contributed by atoms with Crippen molar-refractivity contribution in [3.8, 4) is 0 Å². The molecule has 1 aromatic rings. The predicted molar refractivity (Wildman–Crippen MR) is 60.0 cm³/mol. The number of rotatable bonds is 2. The average Bonchev–Trinajstić information content (AvgIpc) is 2.70. The molecule has 2 rings (SSSR count). The number of hydrogen-bond donors (Lipinski definition) is 1. The number of H-pyrrole nitrogens is 1. The van der Waals surface area contributed by atoms with Gasteiger partial charge in [-0.3, -0.25) is 4.79 Å². The molecule has 1 aromatic heterocycles. The van der Waals surface area contributed by atoms with E-state index in [1.807, 2.05) is 11.9 Å². The zero-order chi connectivity index (χ0) is 11.4. The molecule has 16 heavy (non-hydrogen) atoms. The number of nitrogens with zero attached hydrogens (tertiary/aromatic N) is 3. The van der Waals surface area contributed by atoms with Gasteiger partial charge in [0.15, 0.2) is 5.69 Å². The Morgan fingerprint density at radius 3 is 2.62 bits per heavy atom. The second-order valence-electron chi connectivity index (χ2n) is 4.42. The van der Waals surface area contributed by atoms with Gasteiger partial charge in [0.2, 0.25) is 0 Å². The second-order valence-corrected chi connectivity index (χ2v) is 4.42. The number of aromatic amines is 1. The summed E-state index contributed by atoms with van der Waals surface area (Å²) in [6, 6.07) is 0.367. The van der Waals surface area contributed by atoms with Crippen LogP contribution in [0, 0.1) is 0 Å². The van der Waals surface area contributed by atoms with Crippen LogP contribution in [0.1, 0.15) is 49.0 Å². The highest BCUT2D eigenvalue weighted by atomic mass is 16.2. The van der Waals surface area contributed by atoms with Crippen LogP contribution in [0.2, 0.25) is 0 Å². The van der Waals surface area contributed by atoms with E-state index in [-0.39, 0.29) is 5.91 Å². The molecule has 1 fully saturated rings. The van der Waals surface area contributed by atoms with Crippen molar-refractivity contribution in [2.75, 3.05) is 7.05 Å². The van der Waals surface area contributed by atoms with E-state index in [1.54, 1.807) is 0 Å². The Kier molecular flexibility index (Phi) is 3.54. The molecule has 5 heteroatoms. The highest BCUT2D eigenvalue weighted by Crippen LogP contribution is 2.21. The Labute approximate surface area is 95.2 Å². The van der Waals surface area contributed by atoms with E-state index in [0.29, 0.717) is 11.7 Å². The molecule has 1 heterocycles. The summed E-state index contributed by atoms with van der Waals surface area (Å²) in [4.78, 5) is 13.8. The first-order valence-corrected chi connectivity index (χ1v) is 5.92. The topological polar surface area (TPSA) is 61.9 Å². The Morgan fingerprint density at radius 2 is 2.06 bits per heavy atom. The van der Waals surface area contributed by atoms with E-state index >= 15 is 0 Å². The molecule has 0 aromatic carbocycles. The highest BCUT2D eigenvalue weighted by Gasteiger charge is 2.23. The molecule has 5 nitrogen and oxygen atoms in total. The third-order valence-corrected chi connectivity index (χ3v) is 3.33. The molecule has 0 unspecified atom stereocenters. The minimum absolute atomic E-state index is 0.0272. The van der Waals surface area contributed by atoms with Crippen molar-refractivity contribution >= 4 is 5.91 Å². The Hall–Kier alpha value is -1.39. The smallest absolute Gasteiger partial charge is 0.276 e. The summed E-state index contributed by atoms with van der Waals surface area (Å²) >= 11 is 0. The van der Waals surface area contributed by atoms with Gasteiger partial charge in [-0.2, -0.15) is 15.4 Å². The maximum absolute atomic E-state index is 12.0. The van der Waals surface area contributed by atoms with Crippen LogP contribution in [0.4, 0.5) is 0 Å². The van der Waals surface area contributed by atoms with E-state index in [1.165, 1.54) is 31.9 Å². The van der Waals surface area contributed by atoms with Crippen molar-refractivity contribution in [2.24, 2.45) is 0 Å². The van der Waals surface area contributed by atoms with E-state index in [4.69, 9.17) is 0 Å². The van der Waals surface area contributed by atoms with Gasteiger partial charge >= 0.3 is 0 Å². The van der Waals surface area contributed by atoms with E-state index in [2.05, 4.69) is 15.4 Å². The third-order valence-electron chi connectivity index (χ3n) is 3.33. The van der Waals surface area contributed by atoms with E-state index < -0.39 is 0 Å². The van der Waals surface area contributed by atoms with Crippen LogP contribution in [0.5, 0.6) is 0 Å². The van der Waals surface area contributed by atoms with Crippen LogP contribution in [0.3, 0.4) is 0 Å². The summed E-state index contributed by atoms with van der Waals surface area (Å²) in [6.07, 6.45) is 8.74. The minimum atomic E-state index is -0.0272. The van der Waals surface area contributed by atoms with Gasteiger partial charge in [-0.25, -0.2) is 0 Å². The lowest BCUT2D eigenvalue weighted by atomic mass is 10.1. The van der Waals surface area contributed by atoms with Crippen LogP contribution < -0.4 is 0 Å². The number of aromatic nitrogens is 3. The fraction of sp³-hybridized carbons (Fsp3) is 0.727. The fourth-order valence-electron chi connectivity index (χ4n) is 2.30. The highest BCUT2D eigenvalue weighted by molar-refractivity contribution is 5.91. The molecule has 1 aliphatic rings.